The number of carbonyl (C=O) groups is 1. The summed E-state index contributed by atoms with van der Waals surface area (Å²) in [6.45, 7) is -0.872. The lowest BCUT2D eigenvalue weighted by Crippen LogP contribution is -2.15. The van der Waals surface area contributed by atoms with Crippen LogP contribution in [0, 0.1) is 5.82 Å². The molecule has 3 nitrogen and oxygen atoms in total. The van der Waals surface area contributed by atoms with Gasteiger partial charge < -0.3 is 9.47 Å². The molecule has 0 aliphatic carbocycles. The molecule has 0 unspecified atom stereocenters. The Labute approximate surface area is 129 Å². The topological polar surface area (TPSA) is 35.5 Å². The van der Waals surface area contributed by atoms with Gasteiger partial charge in [0.2, 0.25) is 0 Å². The maximum atomic E-state index is 13.3. The Morgan fingerprint density at radius 3 is 2.48 bits per heavy atom. The van der Waals surface area contributed by atoms with E-state index in [1.54, 1.807) is 0 Å². The molecule has 2 aromatic rings. The van der Waals surface area contributed by atoms with Gasteiger partial charge in [0.05, 0.1) is 5.56 Å². The molecule has 0 aliphatic rings. The van der Waals surface area contributed by atoms with E-state index < -0.39 is 30.1 Å². The molecule has 0 amide bonds. The van der Waals surface area contributed by atoms with Crippen molar-refractivity contribution in [3.63, 3.8) is 0 Å². The quantitative estimate of drug-likeness (QED) is 0.615. The highest BCUT2D eigenvalue weighted by Crippen LogP contribution is 2.29. The Hall–Kier alpha value is -2.57. The van der Waals surface area contributed by atoms with E-state index in [-0.39, 0.29) is 17.9 Å². The molecule has 122 valence electrons. The van der Waals surface area contributed by atoms with Crippen molar-refractivity contribution in [1.82, 2.24) is 0 Å². The lowest BCUT2D eigenvalue weighted by molar-refractivity contribution is -0.147. The number of halogens is 4. The Bertz CT molecular complexity index is 683. The van der Waals surface area contributed by atoms with Gasteiger partial charge in [-0.1, -0.05) is 24.3 Å². The molecule has 7 heteroatoms. The van der Waals surface area contributed by atoms with Crippen LogP contribution < -0.4 is 4.74 Å². The normalized spacial score (nSPS) is 11.1. The third kappa shape index (κ3) is 4.98. The van der Waals surface area contributed by atoms with Gasteiger partial charge in [0.15, 0.2) is 18.2 Å². The summed E-state index contributed by atoms with van der Waals surface area (Å²) < 4.78 is 60.7. The van der Waals surface area contributed by atoms with Crippen molar-refractivity contribution < 1.29 is 31.8 Å². The molecular formula is C16H12F4O3. The first-order valence-electron chi connectivity index (χ1n) is 6.55. The molecule has 0 heterocycles. The number of esters is 1. The highest BCUT2D eigenvalue weighted by molar-refractivity contribution is 5.71. The molecule has 0 aromatic heterocycles. The molecule has 0 atom stereocenters. The van der Waals surface area contributed by atoms with Gasteiger partial charge in [-0.2, -0.15) is 13.2 Å². The van der Waals surface area contributed by atoms with Crippen LogP contribution >= 0.6 is 0 Å². The van der Waals surface area contributed by atoms with Gasteiger partial charge in [-0.05, 0) is 29.8 Å². The van der Waals surface area contributed by atoms with Gasteiger partial charge in [-0.25, -0.2) is 9.18 Å². The highest BCUT2D eigenvalue weighted by Gasteiger charge is 2.30. The summed E-state index contributed by atoms with van der Waals surface area (Å²) in [5.41, 5.74) is -0.632. The summed E-state index contributed by atoms with van der Waals surface area (Å²) in [6, 6.07) is 9.96. The lowest BCUT2D eigenvalue weighted by Gasteiger charge is -2.10. The molecule has 2 aromatic carbocycles. The number of hydrogen-bond donors (Lipinski definition) is 0. The average molecular weight is 328 g/mol. The molecule has 23 heavy (non-hydrogen) atoms. The maximum absolute atomic E-state index is 13.3. The van der Waals surface area contributed by atoms with Gasteiger partial charge in [0, 0.05) is 0 Å². The standard InChI is InChI=1S/C16H12F4O3/c17-13-6-1-2-7-14(13)22-10-15(21)23-9-11-4-3-5-12(8-11)16(18,19)20/h1-8H,9-10H2. The van der Waals surface area contributed by atoms with Crippen molar-refractivity contribution in [2.75, 3.05) is 6.61 Å². The minimum Gasteiger partial charge on any atom is -0.479 e. The summed E-state index contributed by atoms with van der Waals surface area (Å²) in [4.78, 5) is 11.5. The zero-order valence-corrected chi connectivity index (χ0v) is 11.8. The number of carbonyl (C=O) groups excluding carboxylic acids is 1. The molecule has 0 fully saturated rings. The van der Waals surface area contributed by atoms with E-state index in [0.717, 1.165) is 12.1 Å². The minimum absolute atomic E-state index is 0.108. The minimum atomic E-state index is -4.46. The predicted molar refractivity (Wildman–Crippen MR) is 73.1 cm³/mol. The van der Waals surface area contributed by atoms with Crippen molar-refractivity contribution in [2.45, 2.75) is 12.8 Å². The molecule has 0 bridgehead atoms. The van der Waals surface area contributed by atoms with Crippen LogP contribution in [-0.2, 0) is 22.3 Å². The third-order valence-corrected chi connectivity index (χ3v) is 2.84. The number of benzene rings is 2. The Morgan fingerprint density at radius 2 is 1.78 bits per heavy atom. The molecule has 0 aliphatic heterocycles. The van der Waals surface area contributed by atoms with Gasteiger partial charge in [-0.3, -0.25) is 0 Å². The molecule has 2 rings (SSSR count). The summed E-state index contributed by atoms with van der Waals surface area (Å²) in [6.07, 6.45) is -4.46. The van der Waals surface area contributed by atoms with Gasteiger partial charge in [0.25, 0.3) is 0 Å². The van der Waals surface area contributed by atoms with E-state index >= 15 is 0 Å². The number of ether oxygens (including phenoxy) is 2. The largest absolute Gasteiger partial charge is 0.479 e. The fourth-order valence-corrected chi connectivity index (χ4v) is 1.74. The maximum Gasteiger partial charge on any atom is 0.416 e. The monoisotopic (exact) mass is 328 g/mol. The summed E-state index contributed by atoms with van der Waals surface area (Å²) in [5, 5.41) is 0. The Kier molecular flexibility index (Phi) is 5.20. The van der Waals surface area contributed by atoms with E-state index in [9.17, 15) is 22.4 Å². The van der Waals surface area contributed by atoms with E-state index in [2.05, 4.69) is 0 Å². The smallest absolute Gasteiger partial charge is 0.416 e. The van der Waals surface area contributed by atoms with Crippen molar-refractivity contribution in [3.8, 4) is 5.75 Å². The van der Waals surface area contributed by atoms with Crippen molar-refractivity contribution in [1.29, 1.82) is 0 Å². The fourth-order valence-electron chi connectivity index (χ4n) is 1.74. The van der Waals surface area contributed by atoms with Crippen LogP contribution in [0.15, 0.2) is 48.5 Å². The number of hydrogen-bond acceptors (Lipinski definition) is 3. The third-order valence-electron chi connectivity index (χ3n) is 2.84. The average Bonchev–Trinajstić information content (AvgIpc) is 2.51. The van der Waals surface area contributed by atoms with Crippen LogP contribution in [-0.4, -0.2) is 12.6 Å². The Balaban J connectivity index is 1.86. The first-order chi connectivity index (χ1) is 10.9. The van der Waals surface area contributed by atoms with Gasteiger partial charge >= 0.3 is 12.1 Å². The number of para-hydroxylation sites is 1. The summed E-state index contributed by atoms with van der Waals surface area (Å²) in [5.74, 6) is -1.55. The van der Waals surface area contributed by atoms with E-state index in [1.807, 2.05) is 0 Å². The van der Waals surface area contributed by atoms with Crippen LogP contribution in [0.3, 0.4) is 0 Å². The Morgan fingerprint density at radius 1 is 1.04 bits per heavy atom. The fraction of sp³-hybridized carbons (Fsp3) is 0.188. The van der Waals surface area contributed by atoms with Gasteiger partial charge in [-0.15, -0.1) is 0 Å². The van der Waals surface area contributed by atoms with Crippen LogP contribution in [0.2, 0.25) is 0 Å². The van der Waals surface area contributed by atoms with Gasteiger partial charge in [0.1, 0.15) is 6.61 Å². The van der Waals surface area contributed by atoms with Crippen molar-refractivity contribution >= 4 is 5.97 Å². The predicted octanol–water partition coefficient (Wildman–Crippen LogP) is 3.97. The van der Waals surface area contributed by atoms with E-state index in [1.165, 1.54) is 36.4 Å². The zero-order valence-electron chi connectivity index (χ0n) is 11.8. The molecule has 0 saturated heterocycles. The summed E-state index contributed by atoms with van der Waals surface area (Å²) >= 11 is 0. The van der Waals surface area contributed by atoms with E-state index in [0.29, 0.717) is 0 Å². The van der Waals surface area contributed by atoms with Crippen LogP contribution in [0.1, 0.15) is 11.1 Å². The lowest BCUT2D eigenvalue weighted by atomic mass is 10.1. The first-order valence-corrected chi connectivity index (χ1v) is 6.55. The second-order valence-electron chi connectivity index (χ2n) is 4.58. The highest BCUT2D eigenvalue weighted by atomic mass is 19.4. The SMILES string of the molecule is O=C(COc1ccccc1F)OCc1cccc(C(F)(F)F)c1. The summed E-state index contributed by atoms with van der Waals surface area (Å²) in [7, 11) is 0. The number of alkyl halides is 3. The van der Waals surface area contributed by atoms with Crippen LogP contribution in [0.5, 0.6) is 5.75 Å². The zero-order chi connectivity index (χ0) is 16.9. The van der Waals surface area contributed by atoms with Crippen molar-refractivity contribution in [3.05, 3.63) is 65.5 Å². The van der Waals surface area contributed by atoms with Crippen LogP contribution in [0.25, 0.3) is 0 Å². The molecule has 0 saturated carbocycles. The first kappa shape index (κ1) is 16.8. The molecule has 0 N–H and O–H groups in total. The van der Waals surface area contributed by atoms with Crippen molar-refractivity contribution in [2.24, 2.45) is 0 Å². The number of rotatable bonds is 5. The molecule has 0 spiro atoms. The van der Waals surface area contributed by atoms with Crippen LogP contribution in [0.4, 0.5) is 17.6 Å². The second kappa shape index (κ2) is 7.13. The second-order valence-corrected chi connectivity index (χ2v) is 4.58. The van der Waals surface area contributed by atoms with E-state index in [4.69, 9.17) is 9.47 Å². The molecule has 0 radical (unpaired) electrons. The molecular weight excluding hydrogens is 316 g/mol.